The molecular formula is C24H21NO3S. The van der Waals surface area contributed by atoms with Crippen LogP contribution in [0.15, 0.2) is 76.0 Å². The van der Waals surface area contributed by atoms with E-state index < -0.39 is 17.3 Å². The molecule has 0 spiro atoms. The number of fused-ring (bicyclic) bond motifs is 1. The van der Waals surface area contributed by atoms with Crippen LogP contribution in [0.4, 0.5) is 0 Å². The smallest absolute Gasteiger partial charge is 0.328 e. The van der Waals surface area contributed by atoms with Crippen molar-refractivity contribution in [1.29, 1.82) is 0 Å². The van der Waals surface area contributed by atoms with Gasteiger partial charge in [-0.3, -0.25) is 4.79 Å². The highest BCUT2D eigenvalue weighted by Crippen LogP contribution is 2.30. The average molecular weight is 404 g/mol. The van der Waals surface area contributed by atoms with Crippen LogP contribution >= 0.6 is 0 Å². The van der Waals surface area contributed by atoms with Gasteiger partial charge in [0.1, 0.15) is 16.9 Å². The Bertz CT molecular complexity index is 1210. The maximum Gasteiger partial charge on any atom is 0.328 e. The van der Waals surface area contributed by atoms with Gasteiger partial charge < -0.3 is 8.97 Å². The lowest BCUT2D eigenvalue weighted by Gasteiger charge is -2.14. The number of aryl methyl sites for hydroxylation is 3. The Hall–Kier alpha value is -3.02. The van der Waals surface area contributed by atoms with Crippen LogP contribution in [0.3, 0.4) is 0 Å². The van der Waals surface area contributed by atoms with Gasteiger partial charge in [0.05, 0.1) is 0 Å². The minimum Gasteiger partial charge on any atom is -0.588 e. The first-order valence-electron chi connectivity index (χ1n) is 9.32. The largest absolute Gasteiger partial charge is 0.588 e. The van der Waals surface area contributed by atoms with Gasteiger partial charge in [0, 0.05) is 10.9 Å². The molecule has 146 valence electrons. The highest BCUT2D eigenvalue weighted by atomic mass is 32.2. The zero-order chi connectivity index (χ0) is 20.5. The van der Waals surface area contributed by atoms with E-state index in [9.17, 15) is 9.35 Å². The molecule has 0 radical (unpaired) electrons. The summed E-state index contributed by atoms with van der Waals surface area (Å²) in [5.41, 5.74) is 5.65. The molecule has 0 aliphatic carbocycles. The van der Waals surface area contributed by atoms with Crippen molar-refractivity contribution in [3.05, 3.63) is 89.2 Å². The number of carbonyl (C=O) groups excluding carboxylic acids is 1. The molecule has 0 saturated carbocycles. The fourth-order valence-corrected chi connectivity index (χ4v) is 4.47. The third-order valence-corrected chi connectivity index (χ3v) is 6.05. The second kappa shape index (κ2) is 7.78. The van der Waals surface area contributed by atoms with Crippen molar-refractivity contribution in [2.45, 2.75) is 25.7 Å². The van der Waals surface area contributed by atoms with E-state index in [-0.39, 0.29) is 5.76 Å². The van der Waals surface area contributed by atoms with Crippen LogP contribution < -0.4 is 4.72 Å². The SMILES string of the molecule is Cc1cc(C)c2cc(C(=O)N[S+]([O-])c3ccccc3-c3ccccc3C)oc2c1. The summed E-state index contributed by atoms with van der Waals surface area (Å²) in [6, 6.07) is 20.9. The Kier molecular flexibility index (Phi) is 5.18. The van der Waals surface area contributed by atoms with Crippen LogP contribution in [-0.4, -0.2) is 10.5 Å². The summed E-state index contributed by atoms with van der Waals surface area (Å²) in [7, 11) is 0. The van der Waals surface area contributed by atoms with E-state index >= 15 is 0 Å². The predicted octanol–water partition coefficient (Wildman–Crippen LogP) is 5.48. The summed E-state index contributed by atoms with van der Waals surface area (Å²) in [6.45, 7) is 5.96. The van der Waals surface area contributed by atoms with E-state index in [0.717, 1.165) is 33.2 Å². The van der Waals surface area contributed by atoms with Crippen LogP contribution in [0.2, 0.25) is 0 Å². The van der Waals surface area contributed by atoms with Gasteiger partial charge in [-0.05, 0) is 67.3 Å². The maximum atomic E-state index is 13.0. The quantitative estimate of drug-likeness (QED) is 0.459. The third kappa shape index (κ3) is 3.79. The van der Waals surface area contributed by atoms with E-state index in [2.05, 4.69) is 4.72 Å². The van der Waals surface area contributed by atoms with Crippen molar-refractivity contribution in [2.24, 2.45) is 0 Å². The van der Waals surface area contributed by atoms with Crippen LogP contribution in [0.5, 0.6) is 0 Å². The van der Waals surface area contributed by atoms with Crippen molar-refractivity contribution in [3.8, 4) is 11.1 Å². The molecule has 1 aromatic heterocycles. The Morgan fingerprint density at radius 3 is 2.34 bits per heavy atom. The molecule has 0 bridgehead atoms. The summed E-state index contributed by atoms with van der Waals surface area (Å²) in [5.74, 6) is -0.355. The van der Waals surface area contributed by atoms with Gasteiger partial charge in [0.15, 0.2) is 10.7 Å². The van der Waals surface area contributed by atoms with Gasteiger partial charge >= 0.3 is 5.91 Å². The molecule has 1 unspecified atom stereocenters. The third-order valence-electron chi connectivity index (χ3n) is 4.92. The molecule has 1 amide bonds. The van der Waals surface area contributed by atoms with Crippen molar-refractivity contribution >= 4 is 28.2 Å². The van der Waals surface area contributed by atoms with Crippen LogP contribution in [0.25, 0.3) is 22.1 Å². The molecule has 4 rings (SSSR count). The molecule has 0 aliphatic rings. The zero-order valence-corrected chi connectivity index (χ0v) is 17.3. The van der Waals surface area contributed by atoms with Gasteiger partial charge in [-0.2, -0.15) is 4.72 Å². The second-order valence-electron chi connectivity index (χ2n) is 7.12. The summed E-state index contributed by atoms with van der Waals surface area (Å²) in [4.78, 5) is 13.3. The summed E-state index contributed by atoms with van der Waals surface area (Å²) >= 11 is -1.73. The molecule has 0 aliphatic heterocycles. The lowest BCUT2D eigenvalue weighted by atomic mass is 10.0. The number of furan rings is 1. The molecule has 0 saturated heterocycles. The van der Waals surface area contributed by atoms with Gasteiger partial charge in [-0.25, -0.2) is 0 Å². The standard InChI is InChI=1S/C24H21NO3S/c1-15-12-17(3)20-14-22(28-21(20)13-15)24(26)25-29(27)23-11-7-6-10-19(23)18-9-5-4-8-16(18)2/h4-14H,1-3H3,(H,25,26). The molecule has 1 N–H and O–H groups in total. The molecule has 0 fully saturated rings. The van der Waals surface area contributed by atoms with E-state index in [1.54, 1.807) is 12.1 Å². The Balaban J connectivity index is 1.64. The molecular weight excluding hydrogens is 382 g/mol. The number of benzene rings is 3. The summed E-state index contributed by atoms with van der Waals surface area (Å²) in [6.07, 6.45) is 0. The summed E-state index contributed by atoms with van der Waals surface area (Å²) in [5, 5.41) is 0.881. The molecule has 1 heterocycles. The number of rotatable bonds is 4. The van der Waals surface area contributed by atoms with Crippen LogP contribution in [-0.2, 0) is 11.4 Å². The highest BCUT2D eigenvalue weighted by molar-refractivity contribution is 7.90. The number of nitrogens with one attached hydrogen (secondary N) is 1. The topological polar surface area (TPSA) is 65.3 Å². The van der Waals surface area contributed by atoms with Gasteiger partial charge in [-0.1, -0.05) is 42.5 Å². The Morgan fingerprint density at radius 1 is 0.897 bits per heavy atom. The first-order chi connectivity index (χ1) is 13.9. The lowest BCUT2D eigenvalue weighted by molar-refractivity contribution is 0.0956. The first-order valence-corrected chi connectivity index (χ1v) is 10.5. The van der Waals surface area contributed by atoms with E-state index in [1.165, 1.54) is 0 Å². The lowest BCUT2D eigenvalue weighted by Crippen LogP contribution is -2.30. The van der Waals surface area contributed by atoms with E-state index in [0.29, 0.717) is 10.5 Å². The maximum absolute atomic E-state index is 13.0. The fourth-order valence-electron chi connectivity index (χ4n) is 3.52. The van der Waals surface area contributed by atoms with Gasteiger partial charge in [-0.15, -0.1) is 0 Å². The number of carbonyl (C=O) groups is 1. The van der Waals surface area contributed by atoms with Gasteiger partial charge in [0.2, 0.25) is 0 Å². The van der Waals surface area contributed by atoms with E-state index in [1.807, 2.05) is 75.4 Å². The van der Waals surface area contributed by atoms with Crippen molar-refractivity contribution in [3.63, 3.8) is 0 Å². The minimum atomic E-state index is -1.73. The molecule has 4 aromatic rings. The summed E-state index contributed by atoms with van der Waals surface area (Å²) < 4.78 is 21.3. The Labute approximate surface area is 172 Å². The fraction of sp³-hybridized carbons (Fsp3) is 0.125. The highest BCUT2D eigenvalue weighted by Gasteiger charge is 2.24. The van der Waals surface area contributed by atoms with E-state index in [4.69, 9.17) is 4.42 Å². The normalized spacial score (nSPS) is 12.1. The first kappa shape index (κ1) is 19.3. The van der Waals surface area contributed by atoms with Gasteiger partial charge in [0.25, 0.3) is 0 Å². The van der Waals surface area contributed by atoms with Crippen molar-refractivity contribution < 1.29 is 13.8 Å². The average Bonchev–Trinajstić information content (AvgIpc) is 3.13. The molecule has 4 nitrogen and oxygen atoms in total. The van der Waals surface area contributed by atoms with Crippen LogP contribution in [0, 0.1) is 20.8 Å². The molecule has 3 aromatic carbocycles. The zero-order valence-electron chi connectivity index (χ0n) is 16.5. The number of amides is 1. The monoisotopic (exact) mass is 403 g/mol. The number of hydrogen-bond donors (Lipinski definition) is 1. The van der Waals surface area contributed by atoms with Crippen molar-refractivity contribution in [2.75, 3.05) is 0 Å². The predicted molar refractivity (Wildman–Crippen MR) is 116 cm³/mol. The molecule has 1 atom stereocenters. The second-order valence-corrected chi connectivity index (χ2v) is 8.30. The molecule has 29 heavy (non-hydrogen) atoms. The number of hydrogen-bond acceptors (Lipinski definition) is 3. The Morgan fingerprint density at radius 2 is 1.59 bits per heavy atom. The molecule has 5 heteroatoms. The minimum absolute atomic E-state index is 0.149. The van der Waals surface area contributed by atoms with Crippen molar-refractivity contribution in [1.82, 2.24) is 4.72 Å². The van der Waals surface area contributed by atoms with Crippen LogP contribution in [0.1, 0.15) is 27.2 Å².